The monoisotopic (exact) mass is 574 g/mol. The van der Waals surface area contributed by atoms with Crippen molar-refractivity contribution in [3.8, 4) is 0 Å². The second-order valence-corrected chi connectivity index (χ2v) is 13.2. The third-order valence-corrected chi connectivity index (χ3v) is 10.6. The van der Waals surface area contributed by atoms with Gasteiger partial charge in [0.1, 0.15) is 12.1 Å². The summed E-state index contributed by atoms with van der Waals surface area (Å²) < 4.78 is 29.1. The number of hydrogen-bond donors (Lipinski definition) is 0. The zero-order chi connectivity index (χ0) is 29.4. The van der Waals surface area contributed by atoms with Gasteiger partial charge in [-0.05, 0) is 62.4 Å². The lowest BCUT2D eigenvalue weighted by molar-refractivity contribution is -0.140. The molecule has 2 aliphatic heterocycles. The van der Waals surface area contributed by atoms with E-state index in [0.29, 0.717) is 24.3 Å². The summed E-state index contributed by atoms with van der Waals surface area (Å²) in [7, 11) is -1.98. The van der Waals surface area contributed by atoms with Crippen LogP contribution < -0.4 is 4.90 Å². The van der Waals surface area contributed by atoms with Gasteiger partial charge in [0, 0.05) is 32.4 Å². The number of aryl methyl sites for hydroxylation is 3. The Labute approximate surface area is 243 Å². The second kappa shape index (κ2) is 11.3. The number of rotatable bonds is 7. The normalized spacial score (nSPS) is 17.3. The Kier molecular flexibility index (Phi) is 7.94. The van der Waals surface area contributed by atoms with E-state index in [-0.39, 0.29) is 38.1 Å². The van der Waals surface area contributed by atoms with Crippen LogP contribution in [0, 0.1) is 20.8 Å². The predicted octanol–water partition coefficient (Wildman–Crippen LogP) is 4.10. The van der Waals surface area contributed by atoms with Crippen LogP contribution in [0.4, 0.5) is 5.69 Å². The van der Waals surface area contributed by atoms with E-state index in [1.54, 1.807) is 16.8 Å². The van der Waals surface area contributed by atoms with E-state index in [9.17, 15) is 18.0 Å². The maximum Gasteiger partial charge on any atom is 0.250 e. The van der Waals surface area contributed by atoms with Crippen LogP contribution in [-0.2, 0) is 26.2 Å². The van der Waals surface area contributed by atoms with Gasteiger partial charge in [-0.25, -0.2) is 8.42 Å². The number of piperidine rings is 1. The number of carbonyl (C=O) groups excluding carboxylic acids is 2. The number of nitrogens with zero attached hydrogens (tertiary/aromatic N) is 4. The standard InChI is InChI=1S/C32H38N4O4S/c1-24-19-25(2)30(26(3)20-24)41(39,40)35-17-15-32(16-18-35)31(38)34(23-36(32)28-13-9-6-10-14-28)22-29(37)33(4)21-27-11-7-5-8-12-27/h5-14,19-20H,15-18,21-23H2,1-4H3. The highest BCUT2D eigenvalue weighted by Crippen LogP contribution is 2.41. The molecule has 0 saturated carbocycles. The molecule has 41 heavy (non-hydrogen) atoms. The Morgan fingerprint density at radius 1 is 0.902 bits per heavy atom. The molecule has 2 heterocycles. The number of para-hydroxylation sites is 1. The van der Waals surface area contributed by atoms with Gasteiger partial charge < -0.3 is 14.7 Å². The average Bonchev–Trinajstić information content (AvgIpc) is 3.19. The van der Waals surface area contributed by atoms with Crippen LogP contribution in [0.25, 0.3) is 0 Å². The van der Waals surface area contributed by atoms with Crippen LogP contribution in [0.3, 0.4) is 0 Å². The van der Waals surface area contributed by atoms with Crippen molar-refractivity contribution in [3.05, 3.63) is 95.1 Å². The van der Waals surface area contributed by atoms with E-state index in [1.807, 2.05) is 93.6 Å². The van der Waals surface area contributed by atoms with Gasteiger partial charge in [0.25, 0.3) is 0 Å². The SMILES string of the molecule is Cc1cc(C)c(S(=O)(=O)N2CCC3(CC2)C(=O)N(CC(=O)N(C)Cc2ccccc2)CN3c2ccccc2)c(C)c1. The zero-order valence-corrected chi connectivity index (χ0v) is 25.0. The molecule has 0 unspecified atom stereocenters. The summed E-state index contributed by atoms with van der Waals surface area (Å²) in [6, 6.07) is 23.3. The van der Waals surface area contributed by atoms with Crippen LogP contribution >= 0.6 is 0 Å². The summed E-state index contributed by atoms with van der Waals surface area (Å²) in [5.74, 6) is -0.264. The molecule has 2 aliphatic rings. The molecular formula is C32H38N4O4S. The topological polar surface area (TPSA) is 81.2 Å². The summed E-state index contributed by atoms with van der Waals surface area (Å²) in [4.78, 5) is 33.0. The first kappa shape index (κ1) is 28.8. The molecule has 1 spiro atoms. The van der Waals surface area contributed by atoms with Crippen LogP contribution in [0.5, 0.6) is 0 Å². The number of likely N-dealkylation sites (N-methyl/N-ethyl adjacent to an activating group) is 1. The first-order valence-electron chi connectivity index (χ1n) is 14.0. The summed E-state index contributed by atoms with van der Waals surface area (Å²) in [5, 5.41) is 0. The van der Waals surface area contributed by atoms with Gasteiger partial charge in [0.2, 0.25) is 21.8 Å². The predicted molar refractivity (Wildman–Crippen MR) is 160 cm³/mol. The van der Waals surface area contributed by atoms with E-state index in [4.69, 9.17) is 0 Å². The Bertz CT molecular complexity index is 1510. The van der Waals surface area contributed by atoms with Gasteiger partial charge in [-0.15, -0.1) is 0 Å². The molecule has 3 aromatic rings. The average molecular weight is 575 g/mol. The first-order chi connectivity index (χ1) is 19.5. The van der Waals surface area contributed by atoms with Gasteiger partial charge in [-0.3, -0.25) is 9.59 Å². The number of sulfonamides is 1. The van der Waals surface area contributed by atoms with E-state index in [0.717, 1.165) is 27.9 Å². The fourth-order valence-electron chi connectivity index (χ4n) is 6.35. The first-order valence-corrected chi connectivity index (χ1v) is 15.4. The van der Waals surface area contributed by atoms with Crippen LogP contribution in [-0.4, -0.2) is 73.2 Å². The molecule has 5 rings (SSSR count). The van der Waals surface area contributed by atoms with Gasteiger partial charge >= 0.3 is 0 Å². The van der Waals surface area contributed by atoms with Crippen LogP contribution in [0.15, 0.2) is 77.7 Å². The molecule has 2 fully saturated rings. The number of carbonyl (C=O) groups is 2. The van der Waals surface area contributed by atoms with Crippen LogP contribution in [0.1, 0.15) is 35.1 Å². The minimum Gasteiger partial charge on any atom is -0.340 e. The smallest absolute Gasteiger partial charge is 0.250 e. The van der Waals surface area contributed by atoms with Crippen molar-refractivity contribution in [2.24, 2.45) is 0 Å². The summed E-state index contributed by atoms with van der Waals surface area (Å²) in [6.45, 7) is 6.77. The highest BCUT2D eigenvalue weighted by Gasteiger charge is 2.55. The Balaban J connectivity index is 1.37. The maximum atomic E-state index is 14.1. The molecule has 0 aromatic heterocycles. The van der Waals surface area contributed by atoms with Crippen molar-refractivity contribution in [2.45, 2.75) is 50.6 Å². The molecule has 0 aliphatic carbocycles. The van der Waals surface area contributed by atoms with E-state index in [2.05, 4.69) is 4.90 Å². The quantitative estimate of drug-likeness (QED) is 0.425. The molecule has 8 nitrogen and oxygen atoms in total. The fourth-order valence-corrected chi connectivity index (χ4v) is 8.20. The van der Waals surface area contributed by atoms with Crippen LogP contribution in [0.2, 0.25) is 0 Å². The minimum absolute atomic E-state index is 0.0307. The highest BCUT2D eigenvalue weighted by molar-refractivity contribution is 7.89. The number of anilines is 1. The Morgan fingerprint density at radius 3 is 2.05 bits per heavy atom. The molecule has 3 aromatic carbocycles. The highest BCUT2D eigenvalue weighted by atomic mass is 32.2. The van der Waals surface area contributed by atoms with Crippen molar-refractivity contribution in [3.63, 3.8) is 0 Å². The van der Waals surface area contributed by atoms with E-state index < -0.39 is 15.6 Å². The van der Waals surface area contributed by atoms with Crippen molar-refractivity contribution in [1.82, 2.24) is 14.1 Å². The molecule has 0 radical (unpaired) electrons. The summed E-state index contributed by atoms with van der Waals surface area (Å²) in [6.07, 6.45) is 0.683. The molecule has 2 saturated heterocycles. The van der Waals surface area contributed by atoms with Gasteiger partial charge in [-0.2, -0.15) is 4.31 Å². The molecule has 0 N–H and O–H groups in total. The molecule has 9 heteroatoms. The number of hydrogen-bond acceptors (Lipinski definition) is 5. The Morgan fingerprint density at radius 2 is 1.46 bits per heavy atom. The van der Waals surface area contributed by atoms with Crippen molar-refractivity contribution in [2.75, 3.05) is 38.3 Å². The molecule has 0 atom stereocenters. The lowest BCUT2D eigenvalue weighted by atomic mass is 9.86. The summed E-state index contributed by atoms with van der Waals surface area (Å²) in [5.41, 5.74) is 3.48. The maximum absolute atomic E-state index is 14.1. The van der Waals surface area contributed by atoms with Gasteiger partial charge in [0.15, 0.2) is 0 Å². The summed E-state index contributed by atoms with van der Waals surface area (Å²) >= 11 is 0. The van der Waals surface area contributed by atoms with Gasteiger partial charge in [-0.1, -0.05) is 66.2 Å². The lowest BCUT2D eigenvalue weighted by Crippen LogP contribution is -2.57. The Hall–Kier alpha value is -3.69. The fraction of sp³-hybridized carbons (Fsp3) is 0.375. The van der Waals surface area contributed by atoms with Crippen molar-refractivity contribution < 1.29 is 18.0 Å². The molecule has 0 bridgehead atoms. The van der Waals surface area contributed by atoms with Crippen molar-refractivity contribution in [1.29, 1.82) is 0 Å². The van der Waals surface area contributed by atoms with E-state index >= 15 is 0 Å². The third-order valence-electron chi connectivity index (χ3n) is 8.35. The number of benzene rings is 3. The zero-order valence-electron chi connectivity index (χ0n) is 24.2. The molecule has 2 amide bonds. The lowest BCUT2D eigenvalue weighted by Gasteiger charge is -2.43. The minimum atomic E-state index is -3.73. The van der Waals surface area contributed by atoms with Gasteiger partial charge in [0.05, 0.1) is 11.6 Å². The van der Waals surface area contributed by atoms with E-state index in [1.165, 1.54) is 4.31 Å². The molecule has 216 valence electrons. The third kappa shape index (κ3) is 5.48. The largest absolute Gasteiger partial charge is 0.340 e. The van der Waals surface area contributed by atoms with Crippen molar-refractivity contribution >= 4 is 27.5 Å². The second-order valence-electron chi connectivity index (χ2n) is 11.3. The number of amides is 2. The molecular weight excluding hydrogens is 536 g/mol.